The van der Waals surface area contributed by atoms with Crippen molar-refractivity contribution in [2.45, 2.75) is 45.7 Å². The maximum Gasteiger partial charge on any atom is 0.311 e. The van der Waals surface area contributed by atoms with Crippen LogP contribution < -0.4 is 0 Å². The molecule has 1 fully saturated rings. The van der Waals surface area contributed by atoms with Crippen molar-refractivity contribution in [3.63, 3.8) is 0 Å². The largest absolute Gasteiger partial charge is 0.462 e. The van der Waals surface area contributed by atoms with Gasteiger partial charge in [0.15, 0.2) is 6.29 Å². The summed E-state index contributed by atoms with van der Waals surface area (Å²) in [6.45, 7) is 5.12. The van der Waals surface area contributed by atoms with Gasteiger partial charge in [-0.1, -0.05) is 0 Å². The highest BCUT2D eigenvalue weighted by atomic mass is 32.2. The highest BCUT2D eigenvalue weighted by Crippen LogP contribution is 2.26. The van der Waals surface area contributed by atoms with Crippen molar-refractivity contribution in [3.05, 3.63) is 0 Å². The molecule has 0 aliphatic carbocycles. The van der Waals surface area contributed by atoms with Crippen LogP contribution in [0.4, 0.5) is 0 Å². The van der Waals surface area contributed by atoms with Gasteiger partial charge in [-0.15, -0.1) is 0 Å². The molecular formula is C12H22O7S. The van der Waals surface area contributed by atoms with Gasteiger partial charge < -0.3 is 14.2 Å². The fourth-order valence-corrected chi connectivity index (χ4v) is 2.33. The molecule has 0 N–H and O–H groups in total. The van der Waals surface area contributed by atoms with Gasteiger partial charge in [0.2, 0.25) is 0 Å². The molecule has 0 aromatic rings. The number of hydrogen-bond donors (Lipinski definition) is 0. The minimum absolute atomic E-state index is 0.0733. The van der Waals surface area contributed by atoms with E-state index in [2.05, 4.69) is 0 Å². The lowest BCUT2D eigenvalue weighted by Gasteiger charge is -2.21. The minimum Gasteiger partial charge on any atom is -0.462 e. The molecule has 118 valence electrons. The molecule has 0 aromatic carbocycles. The molecule has 3 atom stereocenters. The third kappa shape index (κ3) is 5.35. The zero-order chi connectivity index (χ0) is 15.6. The molecule has 0 saturated carbocycles. The Morgan fingerprint density at radius 2 is 1.95 bits per heavy atom. The van der Waals surface area contributed by atoms with E-state index in [1.54, 1.807) is 20.8 Å². The summed E-state index contributed by atoms with van der Waals surface area (Å²) in [5.74, 6) is -0.389. The maximum atomic E-state index is 11.7. The average Bonchev–Trinajstić information content (AvgIpc) is 2.64. The standard InChI is InChI=1S/C12H22O7S/c1-12(2,3)11(13)17-7-9-8(19-20(5,14)15)6-10(16-4)18-9/h8-10H,6-7H2,1-5H3/t8-,9-,10-/m1/s1. The Morgan fingerprint density at radius 3 is 2.40 bits per heavy atom. The summed E-state index contributed by atoms with van der Waals surface area (Å²) >= 11 is 0. The Morgan fingerprint density at radius 1 is 1.35 bits per heavy atom. The minimum atomic E-state index is -3.62. The number of carbonyl (C=O) groups is 1. The Kier molecular flexibility index (Phi) is 5.54. The molecule has 8 heteroatoms. The summed E-state index contributed by atoms with van der Waals surface area (Å²) in [6.07, 6.45) is -0.726. The Labute approximate surface area is 119 Å². The molecule has 1 rings (SSSR count). The van der Waals surface area contributed by atoms with Gasteiger partial charge in [0, 0.05) is 13.5 Å². The highest BCUT2D eigenvalue weighted by molar-refractivity contribution is 7.86. The van der Waals surface area contributed by atoms with Crippen molar-refractivity contribution in [1.82, 2.24) is 0 Å². The lowest BCUT2D eigenvalue weighted by atomic mass is 9.97. The zero-order valence-electron chi connectivity index (χ0n) is 12.4. The number of rotatable bonds is 5. The van der Waals surface area contributed by atoms with E-state index in [1.807, 2.05) is 0 Å². The highest BCUT2D eigenvalue weighted by Gasteiger charge is 2.39. The molecule has 0 spiro atoms. The summed E-state index contributed by atoms with van der Waals surface area (Å²) in [6, 6.07) is 0. The third-order valence-electron chi connectivity index (χ3n) is 2.72. The molecule has 20 heavy (non-hydrogen) atoms. The van der Waals surface area contributed by atoms with Gasteiger partial charge in [-0.3, -0.25) is 8.98 Å². The fraction of sp³-hybridized carbons (Fsp3) is 0.917. The SMILES string of the molecule is CO[C@H]1C[C@@H](OS(C)(=O)=O)[C@@H](COC(=O)C(C)(C)C)O1. The first-order chi connectivity index (χ1) is 9.03. The molecular weight excluding hydrogens is 288 g/mol. The molecule has 0 radical (unpaired) electrons. The second-order valence-corrected chi connectivity index (χ2v) is 7.36. The van der Waals surface area contributed by atoms with Crippen LogP contribution in [0.5, 0.6) is 0 Å². The lowest BCUT2D eigenvalue weighted by Crippen LogP contribution is -2.34. The average molecular weight is 310 g/mol. The van der Waals surface area contributed by atoms with Crippen molar-refractivity contribution in [3.8, 4) is 0 Å². The van der Waals surface area contributed by atoms with E-state index >= 15 is 0 Å². The van der Waals surface area contributed by atoms with E-state index in [0.717, 1.165) is 6.26 Å². The first kappa shape index (κ1) is 17.4. The molecule has 1 aliphatic heterocycles. The molecule has 1 heterocycles. The van der Waals surface area contributed by atoms with Crippen LogP contribution in [0.15, 0.2) is 0 Å². The number of carbonyl (C=O) groups excluding carboxylic acids is 1. The summed E-state index contributed by atoms with van der Waals surface area (Å²) in [7, 11) is -2.16. The Balaban J connectivity index is 2.63. The number of esters is 1. The van der Waals surface area contributed by atoms with Gasteiger partial charge in [0.1, 0.15) is 18.8 Å². The molecule has 7 nitrogen and oxygen atoms in total. The van der Waals surface area contributed by atoms with Crippen molar-refractivity contribution in [1.29, 1.82) is 0 Å². The van der Waals surface area contributed by atoms with Gasteiger partial charge in [-0.25, -0.2) is 0 Å². The molecule has 0 aromatic heterocycles. The zero-order valence-corrected chi connectivity index (χ0v) is 13.2. The molecule has 0 bridgehead atoms. The smallest absolute Gasteiger partial charge is 0.311 e. The van der Waals surface area contributed by atoms with Gasteiger partial charge in [0.25, 0.3) is 10.1 Å². The first-order valence-corrected chi connectivity index (χ1v) is 8.08. The normalized spacial score (nSPS) is 27.6. The molecule has 1 aliphatic rings. The van der Waals surface area contributed by atoms with Crippen molar-refractivity contribution >= 4 is 16.1 Å². The van der Waals surface area contributed by atoms with Crippen LogP contribution in [0.2, 0.25) is 0 Å². The van der Waals surface area contributed by atoms with Crippen LogP contribution in [0.25, 0.3) is 0 Å². The van der Waals surface area contributed by atoms with Crippen LogP contribution in [-0.2, 0) is 33.3 Å². The summed E-state index contributed by atoms with van der Waals surface area (Å²) in [5.41, 5.74) is -0.632. The number of methoxy groups -OCH3 is 1. The monoisotopic (exact) mass is 310 g/mol. The summed E-state index contributed by atoms with van der Waals surface area (Å²) in [5, 5.41) is 0. The van der Waals surface area contributed by atoms with Gasteiger partial charge in [0.05, 0.1) is 11.7 Å². The second kappa shape index (κ2) is 6.38. The predicted molar refractivity (Wildman–Crippen MR) is 70.4 cm³/mol. The Hall–Kier alpha value is -0.700. The van der Waals surface area contributed by atoms with E-state index in [1.165, 1.54) is 7.11 Å². The van der Waals surface area contributed by atoms with Crippen LogP contribution in [-0.4, -0.2) is 52.9 Å². The maximum absolute atomic E-state index is 11.7. The number of hydrogen-bond acceptors (Lipinski definition) is 7. The van der Waals surface area contributed by atoms with E-state index < -0.39 is 34.0 Å². The van der Waals surface area contributed by atoms with Gasteiger partial charge in [-0.2, -0.15) is 8.42 Å². The summed E-state index contributed by atoms with van der Waals surface area (Å²) < 4.78 is 42.9. The topological polar surface area (TPSA) is 88.1 Å². The van der Waals surface area contributed by atoms with Crippen molar-refractivity contribution < 1.29 is 31.6 Å². The fourth-order valence-electron chi connectivity index (χ4n) is 1.68. The van der Waals surface area contributed by atoms with Crippen LogP contribution in [0.3, 0.4) is 0 Å². The van der Waals surface area contributed by atoms with Crippen molar-refractivity contribution in [2.24, 2.45) is 5.41 Å². The predicted octanol–water partition coefficient (Wildman–Crippen LogP) is 0.682. The van der Waals surface area contributed by atoms with Gasteiger partial charge >= 0.3 is 5.97 Å². The Bertz CT molecular complexity index is 437. The molecule has 0 unspecified atom stereocenters. The third-order valence-corrected chi connectivity index (χ3v) is 3.32. The molecule has 0 amide bonds. The van der Waals surface area contributed by atoms with Crippen LogP contribution >= 0.6 is 0 Å². The van der Waals surface area contributed by atoms with E-state index in [4.69, 9.17) is 18.4 Å². The second-order valence-electron chi connectivity index (χ2n) is 5.76. The van der Waals surface area contributed by atoms with E-state index in [9.17, 15) is 13.2 Å². The number of ether oxygens (including phenoxy) is 3. The van der Waals surface area contributed by atoms with Gasteiger partial charge in [-0.05, 0) is 20.8 Å². The summed E-state index contributed by atoms with van der Waals surface area (Å²) in [4.78, 5) is 11.7. The van der Waals surface area contributed by atoms with Crippen LogP contribution in [0, 0.1) is 5.41 Å². The van der Waals surface area contributed by atoms with Crippen molar-refractivity contribution in [2.75, 3.05) is 20.0 Å². The van der Waals surface area contributed by atoms with Crippen LogP contribution in [0.1, 0.15) is 27.2 Å². The van der Waals surface area contributed by atoms with E-state index in [0.29, 0.717) is 0 Å². The lowest BCUT2D eigenvalue weighted by molar-refractivity contribution is -0.165. The quantitative estimate of drug-likeness (QED) is 0.545. The molecule has 1 saturated heterocycles. The van der Waals surface area contributed by atoms with E-state index in [-0.39, 0.29) is 19.0 Å². The first-order valence-electron chi connectivity index (χ1n) is 6.26.